The molecule has 1 aliphatic carbocycles. The molecule has 0 aromatic heterocycles. The SMILES string of the molecule is CNC(=O)C1CCN(C(=O)[C@@H]2CCCC[C@@H]2C(=O)O)CC1. The van der Waals surface area contributed by atoms with Gasteiger partial charge in [0.2, 0.25) is 11.8 Å². The van der Waals surface area contributed by atoms with Crippen LogP contribution >= 0.6 is 0 Å². The predicted molar refractivity (Wildman–Crippen MR) is 76.5 cm³/mol. The summed E-state index contributed by atoms with van der Waals surface area (Å²) in [4.78, 5) is 37.2. The van der Waals surface area contributed by atoms with Gasteiger partial charge in [-0.3, -0.25) is 14.4 Å². The summed E-state index contributed by atoms with van der Waals surface area (Å²) >= 11 is 0. The largest absolute Gasteiger partial charge is 0.481 e. The molecule has 1 saturated carbocycles. The number of piperidine rings is 1. The molecule has 6 heteroatoms. The van der Waals surface area contributed by atoms with E-state index in [2.05, 4.69) is 5.32 Å². The van der Waals surface area contributed by atoms with Crippen molar-refractivity contribution in [1.82, 2.24) is 10.2 Å². The third-order valence-electron chi connectivity index (χ3n) is 4.82. The molecule has 2 fully saturated rings. The molecule has 0 bridgehead atoms. The summed E-state index contributed by atoms with van der Waals surface area (Å²) in [7, 11) is 1.62. The summed E-state index contributed by atoms with van der Waals surface area (Å²) < 4.78 is 0. The van der Waals surface area contributed by atoms with E-state index in [-0.39, 0.29) is 23.7 Å². The number of carboxylic acid groups (broad SMARTS) is 1. The molecule has 2 atom stereocenters. The van der Waals surface area contributed by atoms with Crippen molar-refractivity contribution < 1.29 is 19.5 Å². The van der Waals surface area contributed by atoms with Crippen LogP contribution in [0.4, 0.5) is 0 Å². The highest BCUT2D eigenvalue weighted by Crippen LogP contribution is 2.32. The highest BCUT2D eigenvalue weighted by atomic mass is 16.4. The average Bonchev–Trinajstić information content (AvgIpc) is 2.53. The van der Waals surface area contributed by atoms with Crippen LogP contribution in [0.5, 0.6) is 0 Å². The van der Waals surface area contributed by atoms with Crippen LogP contribution in [0, 0.1) is 17.8 Å². The second-order valence-corrected chi connectivity index (χ2v) is 6.05. The smallest absolute Gasteiger partial charge is 0.307 e. The van der Waals surface area contributed by atoms with Crippen LogP contribution in [0.15, 0.2) is 0 Å². The van der Waals surface area contributed by atoms with Gasteiger partial charge in [-0.05, 0) is 25.7 Å². The Balaban J connectivity index is 1.94. The molecule has 0 radical (unpaired) electrons. The fourth-order valence-electron chi connectivity index (χ4n) is 3.52. The van der Waals surface area contributed by atoms with Crippen molar-refractivity contribution >= 4 is 17.8 Å². The number of carboxylic acids is 1. The number of carbonyl (C=O) groups is 3. The first-order valence-electron chi connectivity index (χ1n) is 7.77. The van der Waals surface area contributed by atoms with Crippen molar-refractivity contribution in [2.45, 2.75) is 38.5 Å². The van der Waals surface area contributed by atoms with Crippen molar-refractivity contribution in [3.05, 3.63) is 0 Å². The van der Waals surface area contributed by atoms with Gasteiger partial charge in [0, 0.05) is 26.1 Å². The number of aliphatic carboxylic acids is 1. The Bertz CT molecular complexity index is 416. The van der Waals surface area contributed by atoms with E-state index < -0.39 is 11.9 Å². The van der Waals surface area contributed by atoms with Gasteiger partial charge >= 0.3 is 5.97 Å². The van der Waals surface area contributed by atoms with E-state index in [1.807, 2.05) is 0 Å². The van der Waals surface area contributed by atoms with Crippen molar-refractivity contribution in [2.75, 3.05) is 20.1 Å². The number of amides is 2. The van der Waals surface area contributed by atoms with Crippen LogP contribution in [-0.2, 0) is 14.4 Å². The van der Waals surface area contributed by atoms with Crippen LogP contribution in [0.1, 0.15) is 38.5 Å². The number of nitrogens with one attached hydrogen (secondary N) is 1. The fourth-order valence-corrected chi connectivity index (χ4v) is 3.52. The molecule has 118 valence electrons. The lowest BCUT2D eigenvalue weighted by Gasteiger charge is -2.36. The molecule has 2 N–H and O–H groups in total. The molecule has 1 saturated heterocycles. The number of nitrogens with zero attached hydrogens (tertiary/aromatic N) is 1. The molecule has 0 spiro atoms. The molecule has 1 heterocycles. The molecule has 6 nitrogen and oxygen atoms in total. The minimum Gasteiger partial charge on any atom is -0.481 e. The van der Waals surface area contributed by atoms with Crippen molar-refractivity contribution in [2.24, 2.45) is 17.8 Å². The lowest BCUT2D eigenvalue weighted by atomic mass is 9.78. The maximum atomic E-state index is 12.6. The van der Waals surface area contributed by atoms with Crippen LogP contribution in [0.25, 0.3) is 0 Å². The van der Waals surface area contributed by atoms with E-state index in [4.69, 9.17) is 0 Å². The predicted octanol–water partition coefficient (Wildman–Crippen LogP) is 0.862. The van der Waals surface area contributed by atoms with Gasteiger partial charge in [-0.15, -0.1) is 0 Å². The van der Waals surface area contributed by atoms with Crippen LogP contribution in [-0.4, -0.2) is 47.9 Å². The van der Waals surface area contributed by atoms with E-state index in [9.17, 15) is 19.5 Å². The minimum atomic E-state index is -0.853. The van der Waals surface area contributed by atoms with Gasteiger partial charge in [0.15, 0.2) is 0 Å². The zero-order valence-electron chi connectivity index (χ0n) is 12.5. The lowest BCUT2D eigenvalue weighted by molar-refractivity contribution is -0.153. The van der Waals surface area contributed by atoms with Gasteiger partial charge in [0.05, 0.1) is 11.8 Å². The van der Waals surface area contributed by atoms with Crippen molar-refractivity contribution in [1.29, 1.82) is 0 Å². The maximum absolute atomic E-state index is 12.6. The number of likely N-dealkylation sites (tertiary alicyclic amines) is 1. The molecule has 1 aliphatic heterocycles. The molecule has 21 heavy (non-hydrogen) atoms. The third kappa shape index (κ3) is 3.54. The summed E-state index contributed by atoms with van der Waals surface area (Å²) in [5, 5.41) is 11.9. The standard InChI is InChI=1S/C15H24N2O4/c1-16-13(18)10-6-8-17(9-7-10)14(19)11-4-2-3-5-12(11)15(20)21/h10-12H,2-9H2,1H3,(H,16,18)(H,20,21)/t11-,12+/m1/s1. The highest BCUT2D eigenvalue weighted by molar-refractivity contribution is 5.85. The Labute approximate surface area is 124 Å². The summed E-state index contributed by atoms with van der Waals surface area (Å²) in [5.41, 5.74) is 0. The fraction of sp³-hybridized carbons (Fsp3) is 0.800. The zero-order valence-corrected chi connectivity index (χ0v) is 12.5. The van der Waals surface area contributed by atoms with Gasteiger partial charge in [-0.1, -0.05) is 12.8 Å². The van der Waals surface area contributed by atoms with Gasteiger partial charge in [-0.2, -0.15) is 0 Å². The second kappa shape index (κ2) is 6.91. The Morgan fingerprint density at radius 1 is 1.00 bits per heavy atom. The molecular weight excluding hydrogens is 272 g/mol. The Kier molecular flexibility index (Phi) is 5.20. The summed E-state index contributed by atoms with van der Waals surface area (Å²) in [6.45, 7) is 1.11. The van der Waals surface area contributed by atoms with Crippen LogP contribution in [0.3, 0.4) is 0 Å². The topological polar surface area (TPSA) is 86.7 Å². The van der Waals surface area contributed by atoms with Gasteiger partial charge in [-0.25, -0.2) is 0 Å². The van der Waals surface area contributed by atoms with Crippen molar-refractivity contribution in [3.8, 4) is 0 Å². The molecule has 2 amide bonds. The van der Waals surface area contributed by atoms with Crippen molar-refractivity contribution in [3.63, 3.8) is 0 Å². The first kappa shape index (κ1) is 15.8. The number of rotatable bonds is 3. The van der Waals surface area contributed by atoms with E-state index in [0.717, 1.165) is 12.8 Å². The van der Waals surface area contributed by atoms with Gasteiger partial charge < -0.3 is 15.3 Å². The Morgan fingerprint density at radius 2 is 1.57 bits per heavy atom. The first-order valence-corrected chi connectivity index (χ1v) is 7.77. The first-order chi connectivity index (χ1) is 10.0. The lowest BCUT2D eigenvalue weighted by Crippen LogP contribution is -2.47. The number of carbonyl (C=O) groups excluding carboxylic acids is 2. The average molecular weight is 296 g/mol. The second-order valence-electron chi connectivity index (χ2n) is 6.05. The maximum Gasteiger partial charge on any atom is 0.307 e. The van der Waals surface area contributed by atoms with E-state index in [1.165, 1.54) is 0 Å². The highest BCUT2D eigenvalue weighted by Gasteiger charge is 2.39. The van der Waals surface area contributed by atoms with Gasteiger partial charge in [0.1, 0.15) is 0 Å². The number of hydrogen-bond donors (Lipinski definition) is 2. The normalized spacial score (nSPS) is 27.2. The van der Waals surface area contributed by atoms with Gasteiger partial charge in [0.25, 0.3) is 0 Å². The summed E-state index contributed by atoms with van der Waals surface area (Å²) in [6.07, 6.45) is 4.41. The minimum absolute atomic E-state index is 0.0272. The zero-order chi connectivity index (χ0) is 15.4. The summed E-state index contributed by atoms with van der Waals surface area (Å²) in [6, 6.07) is 0. The molecule has 0 aromatic carbocycles. The van der Waals surface area contributed by atoms with E-state index in [0.29, 0.717) is 38.8 Å². The van der Waals surface area contributed by atoms with E-state index in [1.54, 1.807) is 11.9 Å². The Hall–Kier alpha value is -1.59. The van der Waals surface area contributed by atoms with Crippen LogP contribution in [0.2, 0.25) is 0 Å². The third-order valence-corrected chi connectivity index (χ3v) is 4.82. The monoisotopic (exact) mass is 296 g/mol. The molecule has 2 aliphatic rings. The quantitative estimate of drug-likeness (QED) is 0.809. The van der Waals surface area contributed by atoms with Crippen LogP contribution < -0.4 is 5.32 Å². The molecule has 0 aromatic rings. The summed E-state index contributed by atoms with van der Waals surface area (Å²) in [5.74, 6) is -1.80. The molecule has 0 unspecified atom stereocenters. The number of hydrogen-bond acceptors (Lipinski definition) is 3. The Morgan fingerprint density at radius 3 is 2.10 bits per heavy atom. The van der Waals surface area contributed by atoms with E-state index >= 15 is 0 Å². The molecule has 2 rings (SSSR count). The molecular formula is C15H24N2O4.